The monoisotopic (exact) mass is 370 g/mol. The minimum absolute atomic E-state index is 0.190. The molecule has 1 aliphatic heterocycles. The molecule has 144 valence electrons. The zero-order valence-corrected chi connectivity index (χ0v) is 16.0. The Bertz CT molecular complexity index is 793. The van der Waals surface area contributed by atoms with Gasteiger partial charge in [-0.1, -0.05) is 48.0 Å². The first-order chi connectivity index (χ1) is 12.9. The zero-order chi connectivity index (χ0) is 19.4. The Hall–Kier alpha value is -2.24. The predicted octanol–water partition coefficient (Wildman–Crippen LogP) is 3.12. The molecular weight excluding hydrogens is 343 g/mol. The number of piperidine rings is 1. The quantitative estimate of drug-likeness (QED) is 0.850. The van der Waals surface area contributed by atoms with Crippen molar-refractivity contribution in [2.45, 2.75) is 38.5 Å². The fraction of sp³-hybridized carbons (Fsp3) is 0.409. The van der Waals surface area contributed by atoms with Gasteiger partial charge in [-0.2, -0.15) is 0 Å². The number of carbonyl (C=O) groups is 1. The molecule has 0 aliphatic carbocycles. The number of hydrogen-bond donors (Lipinski definition) is 1. The molecule has 1 aliphatic rings. The summed E-state index contributed by atoms with van der Waals surface area (Å²) in [5.41, 5.74) is 1.38. The number of hydrogen-bond acceptors (Lipinski definition) is 3. The van der Waals surface area contributed by atoms with E-state index in [9.17, 15) is 14.3 Å². The van der Waals surface area contributed by atoms with Crippen LogP contribution in [0.5, 0.6) is 0 Å². The van der Waals surface area contributed by atoms with Gasteiger partial charge in [0.25, 0.3) is 5.91 Å². The number of halogens is 1. The van der Waals surface area contributed by atoms with E-state index in [1.54, 1.807) is 23.1 Å². The van der Waals surface area contributed by atoms with Crippen LogP contribution in [0.25, 0.3) is 0 Å². The Labute approximate surface area is 160 Å². The van der Waals surface area contributed by atoms with Crippen LogP contribution in [0.3, 0.4) is 0 Å². The van der Waals surface area contributed by atoms with Gasteiger partial charge >= 0.3 is 0 Å². The summed E-state index contributed by atoms with van der Waals surface area (Å²) in [5, 5.41) is 11.0. The van der Waals surface area contributed by atoms with Crippen LogP contribution >= 0.6 is 0 Å². The summed E-state index contributed by atoms with van der Waals surface area (Å²) in [5.74, 6) is -0.635. The van der Waals surface area contributed by atoms with Gasteiger partial charge in [-0.25, -0.2) is 4.39 Å². The number of likely N-dealkylation sites (N-methyl/N-ethyl adjacent to an activating group) is 1. The highest BCUT2D eigenvalue weighted by Crippen LogP contribution is 2.26. The third kappa shape index (κ3) is 4.73. The topological polar surface area (TPSA) is 43.8 Å². The van der Waals surface area contributed by atoms with Crippen molar-refractivity contribution >= 4 is 5.91 Å². The number of likely N-dealkylation sites (tertiary alicyclic amines) is 1. The number of benzene rings is 2. The summed E-state index contributed by atoms with van der Waals surface area (Å²) in [6.45, 7) is 3.68. The smallest absolute Gasteiger partial charge is 0.256 e. The number of aliphatic hydroxyl groups is 1. The van der Waals surface area contributed by atoms with Crippen molar-refractivity contribution in [3.63, 3.8) is 0 Å². The molecule has 27 heavy (non-hydrogen) atoms. The predicted molar refractivity (Wildman–Crippen MR) is 104 cm³/mol. The molecule has 0 unspecified atom stereocenters. The van der Waals surface area contributed by atoms with Gasteiger partial charge in [0.1, 0.15) is 5.82 Å². The van der Waals surface area contributed by atoms with Crippen LogP contribution in [0.1, 0.15) is 29.5 Å². The second kappa shape index (κ2) is 8.19. The van der Waals surface area contributed by atoms with E-state index in [1.165, 1.54) is 11.6 Å². The fourth-order valence-corrected chi connectivity index (χ4v) is 3.70. The maximum Gasteiger partial charge on any atom is 0.256 e. The summed E-state index contributed by atoms with van der Waals surface area (Å²) in [7, 11) is 1.90. The minimum Gasteiger partial charge on any atom is -0.379 e. The molecule has 1 fully saturated rings. The van der Waals surface area contributed by atoms with Crippen molar-refractivity contribution in [1.82, 2.24) is 9.80 Å². The molecule has 2 aromatic rings. The highest BCUT2D eigenvalue weighted by molar-refractivity contribution is 5.86. The summed E-state index contributed by atoms with van der Waals surface area (Å²) < 4.78 is 13.9. The van der Waals surface area contributed by atoms with E-state index in [4.69, 9.17) is 0 Å². The average molecular weight is 370 g/mol. The molecule has 3 rings (SSSR count). The van der Waals surface area contributed by atoms with Crippen molar-refractivity contribution in [3.8, 4) is 0 Å². The number of rotatable bonds is 6. The second-order valence-corrected chi connectivity index (χ2v) is 7.61. The number of nitrogens with zero attached hydrogens (tertiary/aromatic N) is 2. The molecule has 0 aromatic heterocycles. The van der Waals surface area contributed by atoms with Crippen molar-refractivity contribution in [2.24, 2.45) is 0 Å². The third-order valence-electron chi connectivity index (χ3n) is 5.13. The van der Waals surface area contributed by atoms with Crippen molar-refractivity contribution in [3.05, 3.63) is 71.0 Å². The summed E-state index contributed by atoms with van der Waals surface area (Å²) >= 11 is 0. The summed E-state index contributed by atoms with van der Waals surface area (Å²) in [6.07, 6.45) is 1.13. The van der Waals surface area contributed by atoms with Crippen LogP contribution < -0.4 is 0 Å². The molecule has 0 saturated carbocycles. The number of carbonyl (C=O) groups excluding carboxylic acids is 1. The fourth-order valence-electron chi connectivity index (χ4n) is 3.70. The molecule has 1 N–H and O–H groups in total. The molecule has 1 heterocycles. The van der Waals surface area contributed by atoms with Crippen molar-refractivity contribution < 1.29 is 14.3 Å². The summed E-state index contributed by atoms with van der Waals surface area (Å²) in [4.78, 5) is 16.5. The molecule has 1 atom stereocenters. The van der Waals surface area contributed by atoms with Gasteiger partial charge in [-0.15, -0.1) is 0 Å². The Morgan fingerprint density at radius 2 is 1.89 bits per heavy atom. The third-order valence-corrected chi connectivity index (χ3v) is 5.13. The molecule has 4 nitrogen and oxygen atoms in total. The van der Waals surface area contributed by atoms with Gasteiger partial charge in [-0.3, -0.25) is 9.69 Å². The maximum absolute atomic E-state index is 13.9. The number of aryl methyl sites for hydroxylation is 1. The van der Waals surface area contributed by atoms with Crippen LogP contribution in [-0.2, 0) is 17.9 Å². The lowest BCUT2D eigenvalue weighted by Gasteiger charge is -2.40. The lowest BCUT2D eigenvalue weighted by Crippen LogP contribution is -2.57. The molecule has 5 heteroatoms. The van der Waals surface area contributed by atoms with Crippen LogP contribution in [-0.4, -0.2) is 46.6 Å². The van der Waals surface area contributed by atoms with E-state index in [1.807, 2.05) is 18.9 Å². The molecule has 1 amide bonds. The summed E-state index contributed by atoms with van der Waals surface area (Å²) in [6, 6.07) is 14.7. The first kappa shape index (κ1) is 19.5. The second-order valence-electron chi connectivity index (χ2n) is 7.61. The maximum atomic E-state index is 13.9. The van der Waals surface area contributed by atoms with Gasteiger partial charge < -0.3 is 10.0 Å². The van der Waals surface area contributed by atoms with E-state index < -0.39 is 5.60 Å². The Morgan fingerprint density at radius 3 is 2.59 bits per heavy atom. The lowest BCUT2D eigenvalue weighted by atomic mass is 9.90. The van der Waals surface area contributed by atoms with Gasteiger partial charge in [0.2, 0.25) is 0 Å². The first-order valence-corrected chi connectivity index (χ1v) is 9.37. The van der Waals surface area contributed by atoms with E-state index in [0.29, 0.717) is 31.5 Å². The standard InChI is InChI=1S/C22H27FN2O2/c1-17-8-10-18(11-9-17)14-24(2)16-22(27)12-5-13-25(21(22)26)15-19-6-3-4-7-20(19)23/h3-4,6-11,27H,5,12-16H2,1-2H3/t22-/m0/s1. The van der Waals surface area contributed by atoms with Gasteiger partial charge in [0.05, 0.1) is 0 Å². The van der Waals surface area contributed by atoms with Gasteiger partial charge in [-0.05, 0) is 38.4 Å². The van der Waals surface area contributed by atoms with Crippen LogP contribution in [0, 0.1) is 12.7 Å². The molecule has 1 saturated heterocycles. The highest BCUT2D eigenvalue weighted by atomic mass is 19.1. The molecule has 0 radical (unpaired) electrons. The normalized spacial score (nSPS) is 20.3. The van der Waals surface area contributed by atoms with E-state index in [-0.39, 0.29) is 24.8 Å². The highest BCUT2D eigenvalue weighted by Gasteiger charge is 2.42. The van der Waals surface area contributed by atoms with Crippen molar-refractivity contribution in [1.29, 1.82) is 0 Å². The Kier molecular flexibility index (Phi) is 5.92. The Morgan fingerprint density at radius 1 is 1.19 bits per heavy atom. The molecule has 0 spiro atoms. The van der Waals surface area contributed by atoms with Crippen LogP contribution in [0.15, 0.2) is 48.5 Å². The van der Waals surface area contributed by atoms with E-state index in [0.717, 1.165) is 5.56 Å². The lowest BCUT2D eigenvalue weighted by molar-refractivity contribution is -0.160. The molecular formula is C22H27FN2O2. The average Bonchev–Trinajstić information content (AvgIpc) is 2.63. The van der Waals surface area contributed by atoms with Gasteiger partial charge in [0.15, 0.2) is 5.60 Å². The molecule has 2 aromatic carbocycles. The van der Waals surface area contributed by atoms with E-state index in [2.05, 4.69) is 24.3 Å². The van der Waals surface area contributed by atoms with Crippen LogP contribution in [0.4, 0.5) is 4.39 Å². The first-order valence-electron chi connectivity index (χ1n) is 9.37. The Balaban J connectivity index is 1.65. The molecule has 0 bridgehead atoms. The van der Waals surface area contributed by atoms with Gasteiger partial charge in [0, 0.05) is 31.7 Å². The number of amides is 1. The van der Waals surface area contributed by atoms with E-state index >= 15 is 0 Å². The zero-order valence-electron chi connectivity index (χ0n) is 16.0. The van der Waals surface area contributed by atoms with Crippen LogP contribution in [0.2, 0.25) is 0 Å². The largest absolute Gasteiger partial charge is 0.379 e. The SMILES string of the molecule is Cc1ccc(CN(C)C[C@@]2(O)CCCN(Cc3ccccc3F)C2=O)cc1. The van der Waals surface area contributed by atoms with Crippen molar-refractivity contribution in [2.75, 3.05) is 20.1 Å². The minimum atomic E-state index is -1.43.